The number of primary amides is 1. The van der Waals surface area contributed by atoms with Crippen molar-refractivity contribution in [3.8, 4) is 0 Å². The van der Waals surface area contributed by atoms with Crippen LogP contribution in [0.25, 0.3) is 0 Å². The summed E-state index contributed by atoms with van der Waals surface area (Å²) in [7, 11) is 0. The smallest absolute Gasteiger partial charge is 0.248 e. The first-order valence-electron chi connectivity index (χ1n) is 3.25. The second-order valence-electron chi connectivity index (χ2n) is 2.22. The molecular weight excluding hydrogens is 142 g/mol. The summed E-state index contributed by atoms with van der Waals surface area (Å²) in [6.45, 7) is 0. The Morgan fingerprint density at radius 1 is 1.55 bits per heavy atom. The van der Waals surface area contributed by atoms with Crippen LogP contribution in [0.15, 0.2) is 36.0 Å². The van der Waals surface area contributed by atoms with Gasteiger partial charge in [0.25, 0.3) is 0 Å². The quantitative estimate of drug-likeness (QED) is 0.549. The molecule has 3 nitrogen and oxygen atoms in total. The largest absolute Gasteiger partial charge is 0.385 e. The Balaban J connectivity index is 2.85. The first-order chi connectivity index (χ1) is 5.20. The molecule has 0 aromatic carbocycles. The van der Waals surface area contributed by atoms with Gasteiger partial charge in [0.2, 0.25) is 5.91 Å². The molecule has 0 saturated heterocycles. The molecule has 0 aromatic heterocycles. The molecule has 3 N–H and O–H groups in total. The number of carbonyl (C=O) groups is 1. The molecule has 58 valence electrons. The van der Waals surface area contributed by atoms with E-state index in [0.29, 0.717) is 5.57 Å². The van der Waals surface area contributed by atoms with E-state index in [4.69, 9.17) is 10.8 Å². The van der Waals surface area contributed by atoms with Crippen molar-refractivity contribution in [3.63, 3.8) is 0 Å². The van der Waals surface area contributed by atoms with Crippen LogP contribution in [-0.2, 0) is 4.79 Å². The van der Waals surface area contributed by atoms with Crippen LogP contribution in [0.4, 0.5) is 0 Å². The maximum atomic E-state index is 10.6. The molecule has 1 aliphatic rings. The van der Waals surface area contributed by atoms with E-state index in [-0.39, 0.29) is 0 Å². The van der Waals surface area contributed by atoms with E-state index in [1.165, 1.54) is 12.2 Å². The summed E-state index contributed by atoms with van der Waals surface area (Å²) in [5.74, 6) is -0.486. The average molecular weight is 151 g/mol. The lowest BCUT2D eigenvalue weighted by Gasteiger charge is -1.92. The number of aliphatic hydroxyl groups is 1. The molecule has 1 rings (SSSR count). The van der Waals surface area contributed by atoms with Gasteiger partial charge in [0.05, 0.1) is 6.10 Å². The van der Waals surface area contributed by atoms with Gasteiger partial charge in [-0.1, -0.05) is 24.3 Å². The molecule has 1 aliphatic carbocycles. The SMILES string of the molecule is NC(=O)C1=CC=CC(O)C=C1. The highest BCUT2D eigenvalue weighted by molar-refractivity contribution is 5.95. The molecule has 0 bridgehead atoms. The fraction of sp³-hybridized carbons (Fsp3) is 0.125. The Labute approximate surface area is 64.5 Å². The Bertz CT molecular complexity index is 251. The van der Waals surface area contributed by atoms with Gasteiger partial charge in [-0.15, -0.1) is 0 Å². The summed E-state index contributed by atoms with van der Waals surface area (Å²) in [5, 5.41) is 9.03. The van der Waals surface area contributed by atoms with Crippen LogP contribution in [0.1, 0.15) is 0 Å². The van der Waals surface area contributed by atoms with Gasteiger partial charge >= 0.3 is 0 Å². The van der Waals surface area contributed by atoms with E-state index >= 15 is 0 Å². The second-order valence-corrected chi connectivity index (χ2v) is 2.22. The molecule has 0 radical (unpaired) electrons. The normalized spacial score (nSPS) is 22.6. The maximum Gasteiger partial charge on any atom is 0.248 e. The Hall–Kier alpha value is -1.35. The molecule has 1 unspecified atom stereocenters. The highest BCUT2D eigenvalue weighted by Gasteiger charge is 2.02. The summed E-state index contributed by atoms with van der Waals surface area (Å²) in [5.41, 5.74) is 5.41. The minimum absolute atomic E-state index is 0.401. The van der Waals surface area contributed by atoms with Gasteiger partial charge in [0.15, 0.2) is 0 Å². The summed E-state index contributed by atoms with van der Waals surface area (Å²) < 4.78 is 0. The standard InChI is InChI=1S/C8H9NO2/c9-8(11)6-2-1-3-7(10)5-4-6/h1-5,7,10H,(H2,9,11). The first kappa shape index (κ1) is 7.75. The van der Waals surface area contributed by atoms with Crippen LogP contribution < -0.4 is 5.73 Å². The molecule has 11 heavy (non-hydrogen) atoms. The number of allylic oxidation sites excluding steroid dienone is 2. The number of nitrogens with two attached hydrogens (primary N) is 1. The van der Waals surface area contributed by atoms with Crippen LogP contribution in [0.3, 0.4) is 0 Å². The Morgan fingerprint density at radius 2 is 2.27 bits per heavy atom. The fourth-order valence-corrected chi connectivity index (χ4v) is 0.759. The molecular formula is C8H9NO2. The molecule has 0 fully saturated rings. The van der Waals surface area contributed by atoms with Crippen molar-refractivity contribution in [1.29, 1.82) is 0 Å². The van der Waals surface area contributed by atoms with E-state index in [2.05, 4.69) is 0 Å². The summed E-state index contributed by atoms with van der Waals surface area (Å²) in [6, 6.07) is 0. The van der Waals surface area contributed by atoms with Gasteiger partial charge in [0, 0.05) is 5.57 Å². The minimum Gasteiger partial charge on any atom is -0.385 e. The number of amides is 1. The number of aliphatic hydroxyl groups excluding tert-OH is 1. The van der Waals surface area contributed by atoms with Crippen molar-refractivity contribution in [1.82, 2.24) is 0 Å². The Morgan fingerprint density at radius 3 is 2.91 bits per heavy atom. The topological polar surface area (TPSA) is 63.3 Å². The van der Waals surface area contributed by atoms with E-state index in [9.17, 15) is 4.79 Å². The first-order valence-corrected chi connectivity index (χ1v) is 3.25. The van der Waals surface area contributed by atoms with Gasteiger partial charge in [-0.25, -0.2) is 0 Å². The van der Waals surface area contributed by atoms with Crippen molar-refractivity contribution >= 4 is 5.91 Å². The van der Waals surface area contributed by atoms with E-state index in [1.54, 1.807) is 18.2 Å². The van der Waals surface area contributed by atoms with Crippen molar-refractivity contribution in [2.75, 3.05) is 0 Å². The van der Waals surface area contributed by atoms with Gasteiger partial charge in [0.1, 0.15) is 0 Å². The van der Waals surface area contributed by atoms with Gasteiger partial charge in [-0.05, 0) is 6.08 Å². The molecule has 3 heteroatoms. The summed E-state index contributed by atoms with van der Waals surface area (Å²) >= 11 is 0. The molecule has 0 spiro atoms. The van der Waals surface area contributed by atoms with Gasteiger partial charge < -0.3 is 10.8 Å². The predicted octanol–water partition coefficient (Wildman–Crippen LogP) is -0.115. The van der Waals surface area contributed by atoms with Crippen LogP contribution in [0, 0.1) is 0 Å². The van der Waals surface area contributed by atoms with Gasteiger partial charge in [-0.2, -0.15) is 0 Å². The number of hydrogen-bond acceptors (Lipinski definition) is 2. The highest BCUT2D eigenvalue weighted by atomic mass is 16.3. The second kappa shape index (κ2) is 3.16. The van der Waals surface area contributed by atoms with Crippen LogP contribution in [-0.4, -0.2) is 17.1 Å². The van der Waals surface area contributed by atoms with Gasteiger partial charge in [-0.3, -0.25) is 4.79 Å². The Kier molecular flexibility index (Phi) is 2.23. The van der Waals surface area contributed by atoms with Crippen molar-refractivity contribution in [2.24, 2.45) is 5.73 Å². The average Bonchev–Trinajstić information content (AvgIpc) is 2.13. The molecule has 1 atom stereocenters. The molecule has 1 amide bonds. The molecule has 0 heterocycles. The third kappa shape index (κ3) is 2.05. The van der Waals surface area contributed by atoms with Crippen LogP contribution in [0.5, 0.6) is 0 Å². The number of hydrogen-bond donors (Lipinski definition) is 2. The van der Waals surface area contributed by atoms with Crippen molar-refractivity contribution in [2.45, 2.75) is 6.10 Å². The zero-order valence-corrected chi connectivity index (χ0v) is 5.90. The lowest BCUT2D eigenvalue weighted by Crippen LogP contribution is -2.12. The zero-order chi connectivity index (χ0) is 8.27. The lowest BCUT2D eigenvalue weighted by molar-refractivity contribution is -0.114. The number of carbonyl (C=O) groups excluding carboxylic acids is 1. The lowest BCUT2D eigenvalue weighted by atomic mass is 10.2. The summed E-state index contributed by atoms with van der Waals surface area (Å²) in [4.78, 5) is 10.6. The molecule has 0 aliphatic heterocycles. The predicted molar refractivity (Wildman–Crippen MR) is 41.6 cm³/mol. The minimum atomic E-state index is -0.622. The highest BCUT2D eigenvalue weighted by Crippen LogP contribution is 2.03. The number of rotatable bonds is 1. The van der Waals surface area contributed by atoms with E-state index in [0.717, 1.165) is 0 Å². The maximum absolute atomic E-state index is 10.6. The fourth-order valence-electron chi connectivity index (χ4n) is 0.759. The monoisotopic (exact) mass is 151 g/mol. The van der Waals surface area contributed by atoms with E-state index in [1.807, 2.05) is 0 Å². The summed E-state index contributed by atoms with van der Waals surface area (Å²) in [6.07, 6.45) is 7.11. The van der Waals surface area contributed by atoms with Crippen LogP contribution >= 0.6 is 0 Å². The van der Waals surface area contributed by atoms with Crippen LogP contribution in [0.2, 0.25) is 0 Å². The van der Waals surface area contributed by atoms with Crippen molar-refractivity contribution < 1.29 is 9.90 Å². The van der Waals surface area contributed by atoms with Crippen molar-refractivity contribution in [3.05, 3.63) is 36.0 Å². The third-order valence-corrected chi connectivity index (χ3v) is 1.34. The molecule has 0 aromatic rings. The third-order valence-electron chi connectivity index (χ3n) is 1.34. The zero-order valence-electron chi connectivity index (χ0n) is 5.90. The van der Waals surface area contributed by atoms with E-state index < -0.39 is 12.0 Å². The molecule has 0 saturated carbocycles.